The van der Waals surface area contributed by atoms with Crippen molar-refractivity contribution >= 4 is 7.51 Å². The summed E-state index contributed by atoms with van der Waals surface area (Å²) in [4.78, 5) is 10.3. The quantitative estimate of drug-likeness (QED) is 0.203. The molecule has 0 aromatic heterocycles. The van der Waals surface area contributed by atoms with Crippen LogP contribution in [-0.2, 0) is 28.5 Å². The molecule has 0 fully saturated rings. The Kier molecular flexibility index (Phi) is 14.7. The molecule has 11 heteroatoms. The normalized spacial score (nSPS) is 17.0. The molecule has 176 valence electrons. The zero-order valence-electron chi connectivity index (χ0n) is 20.1. The second-order valence-corrected chi connectivity index (χ2v) is 10.3. The Bertz CT molecular complexity index is 471. The van der Waals surface area contributed by atoms with Gasteiger partial charge < -0.3 is 23.7 Å². The minimum absolute atomic E-state index is 0.293. The van der Waals surface area contributed by atoms with Gasteiger partial charge in [0.2, 0.25) is 0 Å². The molecule has 0 heterocycles. The summed E-state index contributed by atoms with van der Waals surface area (Å²) in [5, 5.41) is 0. The fourth-order valence-electron chi connectivity index (χ4n) is 2.75. The molecule has 29 heavy (non-hydrogen) atoms. The summed E-state index contributed by atoms with van der Waals surface area (Å²) in [7, 11) is 7.40. The molecule has 0 radical (unpaired) electrons. The molecular formula is C18H43N4O6P. The highest BCUT2D eigenvalue weighted by Crippen LogP contribution is 2.55. The van der Waals surface area contributed by atoms with E-state index in [0.717, 1.165) is 0 Å². The lowest BCUT2D eigenvalue weighted by Crippen LogP contribution is -2.36. The van der Waals surface area contributed by atoms with Gasteiger partial charge in [-0.25, -0.2) is 9.51 Å². The van der Waals surface area contributed by atoms with Crippen molar-refractivity contribution < 1.29 is 28.5 Å². The Labute approximate surface area is 177 Å². The SMILES string of the molecule is CCOC(C)OC(C)OCN(C)P(=NOC(C)OC(C)OCC)(N(C)C)N(C)C. The minimum Gasteiger partial charge on any atom is -0.353 e. The third-order valence-electron chi connectivity index (χ3n) is 3.90. The monoisotopic (exact) mass is 442 g/mol. The van der Waals surface area contributed by atoms with Crippen LogP contribution in [0.1, 0.15) is 41.5 Å². The third-order valence-corrected chi connectivity index (χ3v) is 7.39. The predicted molar refractivity (Wildman–Crippen MR) is 115 cm³/mol. The standard InChI is InChI=1S/C18H43N4O6P/c1-12-23-15(3)26-17(5)25-14-22(11)29(20(7)8,21(9)10)19-28-18(6)27-16(4)24-13-2/h15-18H,12-14H2,1-11H3. The maximum absolute atomic E-state index is 5.86. The van der Waals surface area contributed by atoms with E-state index in [1.54, 1.807) is 6.92 Å². The summed E-state index contributed by atoms with van der Waals surface area (Å²) in [5.74, 6) is 0. The lowest BCUT2D eigenvalue weighted by molar-refractivity contribution is -0.236. The van der Waals surface area contributed by atoms with E-state index in [4.69, 9.17) is 28.5 Å². The van der Waals surface area contributed by atoms with Crippen LogP contribution >= 0.6 is 7.51 Å². The highest BCUT2D eigenvalue weighted by molar-refractivity contribution is 7.58. The lowest BCUT2D eigenvalue weighted by atomic mass is 10.7. The highest BCUT2D eigenvalue weighted by atomic mass is 31.2. The van der Waals surface area contributed by atoms with Gasteiger partial charge in [0, 0.05) is 13.2 Å². The first-order chi connectivity index (χ1) is 13.5. The largest absolute Gasteiger partial charge is 0.353 e. The molecule has 0 bridgehead atoms. The molecule has 0 saturated heterocycles. The van der Waals surface area contributed by atoms with E-state index >= 15 is 0 Å². The molecule has 10 nitrogen and oxygen atoms in total. The molecule has 0 aliphatic carbocycles. The topological polar surface area (TPSA) is 77.5 Å². The van der Waals surface area contributed by atoms with Gasteiger partial charge in [-0.2, -0.15) is 0 Å². The molecule has 0 amide bonds. The molecule has 0 aliphatic rings. The van der Waals surface area contributed by atoms with Crippen molar-refractivity contribution in [2.24, 2.45) is 4.91 Å². The van der Waals surface area contributed by atoms with Crippen LogP contribution in [0.25, 0.3) is 0 Å². The van der Waals surface area contributed by atoms with E-state index in [1.807, 2.05) is 83.9 Å². The van der Waals surface area contributed by atoms with Crippen LogP contribution in [0.2, 0.25) is 0 Å². The number of nitrogens with zero attached hydrogens (tertiary/aromatic N) is 4. The number of hydrogen-bond acceptors (Lipinski definition) is 7. The molecule has 4 atom stereocenters. The highest BCUT2D eigenvalue weighted by Gasteiger charge is 2.33. The van der Waals surface area contributed by atoms with Crippen LogP contribution in [-0.4, -0.2) is 94.4 Å². The van der Waals surface area contributed by atoms with E-state index in [2.05, 4.69) is 4.91 Å². The van der Waals surface area contributed by atoms with Gasteiger partial charge in [-0.15, -0.1) is 4.91 Å². The second kappa shape index (κ2) is 14.8. The van der Waals surface area contributed by atoms with Gasteiger partial charge in [0.05, 0.1) is 0 Å². The summed E-state index contributed by atoms with van der Waals surface area (Å²) in [5.41, 5.74) is 0. The van der Waals surface area contributed by atoms with Gasteiger partial charge in [-0.1, -0.05) is 0 Å². The summed E-state index contributed by atoms with van der Waals surface area (Å²) >= 11 is 0. The molecule has 4 unspecified atom stereocenters. The molecule has 0 aromatic rings. The fourth-order valence-corrected chi connectivity index (χ4v) is 5.58. The number of ether oxygens (including phenoxy) is 5. The van der Waals surface area contributed by atoms with E-state index in [9.17, 15) is 0 Å². The van der Waals surface area contributed by atoms with Crippen molar-refractivity contribution in [2.75, 3.05) is 55.2 Å². The zero-order chi connectivity index (χ0) is 22.6. The molecule has 0 N–H and O–H groups in total. The number of hydrogen-bond donors (Lipinski definition) is 0. The lowest BCUT2D eigenvalue weighted by Gasteiger charge is -2.41. The van der Waals surface area contributed by atoms with E-state index in [0.29, 0.717) is 19.9 Å². The Balaban J connectivity index is 5.18. The predicted octanol–water partition coefficient (Wildman–Crippen LogP) is 3.38. The fraction of sp³-hybridized carbons (Fsp3) is 1.00. The van der Waals surface area contributed by atoms with Crippen molar-refractivity contribution in [3.05, 3.63) is 0 Å². The third kappa shape index (κ3) is 10.1. The Morgan fingerprint density at radius 3 is 1.52 bits per heavy atom. The van der Waals surface area contributed by atoms with Gasteiger partial charge >= 0.3 is 0 Å². The molecule has 0 saturated carbocycles. The maximum atomic E-state index is 5.86. The first kappa shape index (κ1) is 28.9. The van der Waals surface area contributed by atoms with Gasteiger partial charge in [-0.05, 0) is 76.8 Å². The average molecular weight is 443 g/mol. The van der Waals surface area contributed by atoms with Crippen LogP contribution in [0, 0.1) is 0 Å². The summed E-state index contributed by atoms with van der Waals surface area (Å²) in [6, 6.07) is 0. The second-order valence-electron chi connectivity index (χ2n) is 6.82. The van der Waals surface area contributed by atoms with Crippen molar-refractivity contribution in [3.8, 4) is 0 Å². The van der Waals surface area contributed by atoms with Gasteiger partial charge in [0.15, 0.2) is 32.7 Å². The van der Waals surface area contributed by atoms with E-state index in [1.165, 1.54) is 0 Å². The van der Waals surface area contributed by atoms with Gasteiger partial charge in [0.1, 0.15) is 6.73 Å². The van der Waals surface area contributed by atoms with Crippen LogP contribution in [0.4, 0.5) is 0 Å². The smallest absolute Gasteiger partial charge is 0.199 e. The molecular weight excluding hydrogens is 399 g/mol. The van der Waals surface area contributed by atoms with Crippen LogP contribution < -0.4 is 0 Å². The van der Waals surface area contributed by atoms with E-state index in [-0.39, 0.29) is 12.6 Å². The summed E-state index contributed by atoms with van der Waals surface area (Å²) in [6.07, 6.45) is -1.69. The first-order valence-electron chi connectivity index (χ1n) is 10.0. The van der Waals surface area contributed by atoms with E-state index < -0.39 is 20.1 Å². The van der Waals surface area contributed by atoms with Crippen LogP contribution in [0.15, 0.2) is 4.91 Å². The van der Waals surface area contributed by atoms with Gasteiger partial charge in [0.25, 0.3) is 0 Å². The average Bonchev–Trinajstić information content (AvgIpc) is 2.60. The summed E-state index contributed by atoms with van der Waals surface area (Å²) in [6.45, 7) is 12.6. The van der Waals surface area contributed by atoms with Crippen LogP contribution in [0.5, 0.6) is 0 Å². The molecule has 0 spiro atoms. The molecule has 0 aliphatic heterocycles. The van der Waals surface area contributed by atoms with Crippen molar-refractivity contribution in [1.29, 1.82) is 0 Å². The Morgan fingerprint density at radius 1 is 0.690 bits per heavy atom. The number of rotatable bonds is 16. The maximum Gasteiger partial charge on any atom is 0.199 e. The van der Waals surface area contributed by atoms with Crippen molar-refractivity contribution in [1.82, 2.24) is 14.0 Å². The van der Waals surface area contributed by atoms with Crippen molar-refractivity contribution in [2.45, 2.75) is 66.7 Å². The molecule has 0 aromatic carbocycles. The Morgan fingerprint density at radius 2 is 1.10 bits per heavy atom. The molecule has 0 rings (SSSR count). The van der Waals surface area contributed by atoms with Crippen molar-refractivity contribution in [3.63, 3.8) is 0 Å². The van der Waals surface area contributed by atoms with Gasteiger partial charge in [-0.3, -0.25) is 9.34 Å². The zero-order valence-corrected chi connectivity index (χ0v) is 21.0. The first-order valence-corrected chi connectivity index (χ1v) is 11.6. The van der Waals surface area contributed by atoms with Crippen LogP contribution in [0.3, 0.4) is 0 Å². The summed E-state index contributed by atoms with van der Waals surface area (Å²) < 4.78 is 34.0. The Hall–Kier alpha value is -0.130. The minimum atomic E-state index is -2.38.